The van der Waals surface area contributed by atoms with Crippen LogP contribution in [-0.2, 0) is 14.3 Å². The van der Waals surface area contributed by atoms with Gasteiger partial charge in [-0.3, -0.25) is 9.69 Å². The highest BCUT2D eigenvalue weighted by Crippen LogP contribution is 2.50. The molecule has 1 aliphatic carbocycles. The van der Waals surface area contributed by atoms with Crippen LogP contribution in [0, 0.1) is 5.41 Å². The van der Waals surface area contributed by atoms with Gasteiger partial charge in [-0.25, -0.2) is 0 Å². The first-order valence-electron chi connectivity index (χ1n) is 9.42. The van der Waals surface area contributed by atoms with E-state index >= 15 is 0 Å². The topological polar surface area (TPSA) is 68.0 Å². The molecule has 2 heterocycles. The predicted molar refractivity (Wildman–Crippen MR) is 92.7 cm³/mol. The summed E-state index contributed by atoms with van der Waals surface area (Å²) in [5.41, 5.74) is 5.46. The summed E-state index contributed by atoms with van der Waals surface area (Å²) in [6, 6.07) is 0.616. The number of piperazine rings is 1. The summed E-state index contributed by atoms with van der Waals surface area (Å²) in [7, 11) is 0. The lowest BCUT2D eigenvalue weighted by molar-refractivity contribution is -0.180. The van der Waals surface area contributed by atoms with Crippen molar-refractivity contribution < 1.29 is 14.3 Å². The number of ether oxygens (including phenoxy) is 2. The summed E-state index contributed by atoms with van der Waals surface area (Å²) >= 11 is 0. The maximum absolute atomic E-state index is 13.1. The third-order valence-corrected chi connectivity index (χ3v) is 6.52. The summed E-state index contributed by atoms with van der Waals surface area (Å²) in [6.07, 6.45) is 2.93. The molecule has 24 heavy (non-hydrogen) atoms. The molecule has 0 bridgehead atoms. The number of nitrogens with zero attached hydrogens (tertiary/aromatic N) is 2. The smallest absolute Gasteiger partial charge is 0.243 e. The molecule has 0 aromatic heterocycles. The van der Waals surface area contributed by atoms with Crippen molar-refractivity contribution in [3.05, 3.63) is 0 Å². The molecule has 138 valence electrons. The second-order valence-corrected chi connectivity index (χ2v) is 8.01. The summed E-state index contributed by atoms with van der Waals surface area (Å²) in [5.74, 6) is 0.107. The number of carbonyl (C=O) groups is 1. The normalized spacial score (nSPS) is 34.8. The van der Waals surface area contributed by atoms with Gasteiger partial charge in [-0.05, 0) is 19.8 Å². The Kier molecular flexibility index (Phi) is 5.21. The van der Waals surface area contributed by atoms with Gasteiger partial charge in [-0.15, -0.1) is 0 Å². The fourth-order valence-corrected chi connectivity index (χ4v) is 4.42. The highest BCUT2D eigenvalue weighted by molar-refractivity contribution is 5.89. The summed E-state index contributed by atoms with van der Waals surface area (Å²) < 4.78 is 11.2. The lowest BCUT2D eigenvalue weighted by Gasteiger charge is -2.59. The molecule has 1 saturated carbocycles. The lowest BCUT2D eigenvalue weighted by atomic mass is 9.54. The van der Waals surface area contributed by atoms with E-state index in [-0.39, 0.29) is 17.4 Å². The third kappa shape index (κ3) is 2.98. The molecule has 2 aliphatic heterocycles. The minimum Gasteiger partial charge on any atom is -0.381 e. The van der Waals surface area contributed by atoms with Crippen molar-refractivity contribution in [3.63, 3.8) is 0 Å². The molecule has 2 unspecified atom stereocenters. The van der Waals surface area contributed by atoms with E-state index in [9.17, 15) is 4.79 Å². The molecule has 3 rings (SSSR count). The van der Waals surface area contributed by atoms with E-state index in [0.717, 1.165) is 52.2 Å². The molecule has 2 saturated heterocycles. The number of carbonyl (C=O) groups excluding carboxylic acids is 1. The van der Waals surface area contributed by atoms with Crippen molar-refractivity contribution in [3.8, 4) is 0 Å². The Morgan fingerprint density at radius 2 is 1.83 bits per heavy atom. The summed E-state index contributed by atoms with van der Waals surface area (Å²) in [5, 5.41) is 0. The fourth-order valence-electron chi connectivity index (χ4n) is 4.42. The van der Waals surface area contributed by atoms with Gasteiger partial charge < -0.3 is 20.1 Å². The molecule has 0 aromatic rings. The molecule has 1 amide bonds. The van der Waals surface area contributed by atoms with Crippen LogP contribution < -0.4 is 5.73 Å². The van der Waals surface area contributed by atoms with Crippen LogP contribution in [0.3, 0.4) is 0 Å². The first-order chi connectivity index (χ1) is 11.4. The monoisotopic (exact) mass is 339 g/mol. The number of hydrogen-bond acceptors (Lipinski definition) is 5. The molecule has 2 atom stereocenters. The van der Waals surface area contributed by atoms with E-state index in [2.05, 4.69) is 18.7 Å². The molecule has 0 spiro atoms. The highest BCUT2D eigenvalue weighted by atomic mass is 16.5. The first-order valence-corrected chi connectivity index (χ1v) is 9.42. The molecule has 3 fully saturated rings. The van der Waals surface area contributed by atoms with Crippen molar-refractivity contribution >= 4 is 5.91 Å². The first kappa shape index (κ1) is 18.1. The number of nitrogens with two attached hydrogens (primary N) is 1. The minimum absolute atomic E-state index is 0.0833. The Balaban J connectivity index is 1.55. The Labute approximate surface area is 145 Å². The fraction of sp³-hybridized carbons (Fsp3) is 0.944. The maximum Gasteiger partial charge on any atom is 0.243 e. The number of rotatable bonds is 4. The average molecular weight is 339 g/mol. The second kappa shape index (κ2) is 6.90. The van der Waals surface area contributed by atoms with Crippen LogP contribution in [0.15, 0.2) is 0 Å². The van der Waals surface area contributed by atoms with E-state index in [4.69, 9.17) is 15.2 Å². The number of hydrogen-bond donors (Lipinski definition) is 1. The third-order valence-electron chi connectivity index (χ3n) is 6.52. The van der Waals surface area contributed by atoms with Crippen LogP contribution in [0.1, 0.15) is 40.0 Å². The van der Waals surface area contributed by atoms with E-state index in [1.165, 1.54) is 0 Å². The van der Waals surface area contributed by atoms with Gasteiger partial charge in [0.1, 0.15) is 5.54 Å². The van der Waals surface area contributed by atoms with Gasteiger partial charge in [0.15, 0.2) is 0 Å². The van der Waals surface area contributed by atoms with E-state index in [0.29, 0.717) is 19.1 Å². The van der Waals surface area contributed by atoms with Crippen LogP contribution in [0.4, 0.5) is 0 Å². The highest BCUT2D eigenvalue weighted by Gasteiger charge is 2.63. The molecular formula is C18H33N3O3. The Hall–Kier alpha value is -0.690. The maximum atomic E-state index is 13.1. The molecular weight excluding hydrogens is 306 g/mol. The predicted octanol–water partition coefficient (Wildman–Crippen LogP) is 0.842. The van der Waals surface area contributed by atoms with E-state index in [1.54, 1.807) is 0 Å². The van der Waals surface area contributed by atoms with Crippen molar-refractivity contribution in [1.29, 1.82) is 0 Å². The zero-order valence-electron chi connectivity index (χ0n) is 15.4. The minimum atomic E-state index is -0.784. The average Bonchev–Trinajstić information content (AvgIpc) is 2.61. The van der Waals surface area contributed by atoms with E-state index < -0.39 is 5.54 Å². The van der Waals surface area contributed by atoms with Gasteiger partial charge in [-0.1, -0.05) is 13.8 Å². The van der Waals surface area contributed by atoms with Gasteiger partial charge in [-0.2, -0.15) is 0 Å². The van der Waals surface area contributed by atoms with Gasteiger partial charge in [0.05, 0.1) is 6.10 Å². The zero-order valence-corrected chi connectivity index (χ0v) is 15.4. The van der Waals surface area contributed by atoms with E-state index in [1.807, 2.05) is 11.8 Å². The van der Waals surface area contributed by atoms with Crippen molar-refractivity contribution in [2.24, 2.45) is 11.1 Å². The summed E-state index contributed by atoms with van der Waals surface area (Å²) in [6.45, 7) is 12.0. The van der Waals surface area contributed by atoms with Gasteiger partial charge in [0, 0.05) is 63.9 Å². The van der Waals surface area contributed by atoms with Gasteiger partial charge >= 0.3 is 0 Å². The van der Waals surface area contributed by atoms with Crippen molar-refractivity contribution in [1.82, 2.24) is 9.80 Å². The zero-order chi connectivity index (χ0) is 17.4. The van der Waals surface area contributed by atoms with Crippen molar-refractivity contribution in [2.45, 2.75) is 57.7 Å². The van der Waals surface area contributed by atoms with Crippen LogP contribution in [0.25, 0.3) is 0 Å². The standard InChI is InChI=1S/C18H33N3O3/c1-4-24-15-13-18(19,17(15,2)3)16(22)21-9-7-20(8-10-21)14-5-11-23-12-6-14/h14-15H,4-13,19H2,1-3H3. The van der Waals surface area contributed by atoms with Gasteiger partial charge in [0.25, 0.3) is 0 Å². The van der Waals surface area contributed by atoms with Crippen LogP contribution in [-0.4, -0.2) is 79.4 Å². The molecule has 6 nitrogen and oxygen atoms in total. The lowest BCUT2D eigenvalue weighted by Crippen LogP contribution is -2.76. The molecule has 0 radical (unpaired) electrons. The number of amides is 1. The van der Waals surface area contributed by atoms with Crippen molar-refractivity contribution in [2.75, 3.05) is 46.0 Å². The largest absolute Gasteiger partial charge is 0.381 e. The molecule has 2 N–H and O–H groups in total. The van der Waals surface area contributed by atoms with Crippen LogP contribution in [0.2, 0.25) is 0 Å². The molecule has 6 heteroatoms. The van der Waals surface area contributed by atoms with Crippen LogP contribution in [0.5, 0.6) is 0 Å². The quantitative estimate of drug-likeness (QED) is 0.822. The SMILES string of the molecule is CCOC1CC(N)(C(=O)N2CCN(C3CCOCC3)CC2)C1(C)C. The van der Waals surface area contributed by atoms with Crippen LogP contribution >= 0.6 is 0 Å². The summed E-state index contributed by atoms with van der Waals surface area (Å²) in [4.78, 5) is 17.5. The Morgan fingerprint density at radius 3 is 2.38 bits per heavy atom. The van der Waals surface area contributed by atoms with Gasteiger partial charge in [0.2, 0.25) is 5.91 Å². The molecule has 3 aliphatic rings. The Bertz CT molecular complexity index is 456. The Morgan fingerprint density at radius 1 is 1.21 bits per heavy atom. The molecule has 0 aromatic carbocycles. The second-order valence-electron chi connectivity index (χ2n) is 8.01.